The van der Waals surface area contributed by atoms with Crippen molar-refractivity contribution >= 4 is 23.1 Å². The summed E-state index contributed by atoms with van der Waals surface area (Å²) < 4.78 is 1.04. The van der Waals surface area contributed by atoms with Crippen LogP contribution in [0.3, 0.4) is 0 Å². The zero-order valence-corrected chi connectivity index (χ0v) is 13.6. The van der Waals surface area contributed by atoms with Crippen LogP contribution in [-0.4, -0.2) is 22.5 Å². The molecule has 20 heavy (non-hydrogen) atoms. The van der Waals surface area contributed by atoms with E-state index in [1.165, 1.54) is 17.5 Å². The van der Waals surface area contributed by atoms with Gasteiger partial charge in [0, 0.05) is 11.8 Å². The second kappa shape index (κ2) is 8.39. The van der Waals surface area contributed by atoms with Gasteiger partial charge in [0.25, 0.3) is 0 Å². The molecule has 2 rings (SSSR count). The molecule has 108 valence electrons. The van der Waals surface area contributed by atoms with Gasteiger partial charge in [0.15, 0.2) is 4.34 Å². The quantitative estimate of drug-likeness (QED) is 0.750. The van der Waals surface area contributed by atoms with Crippen molar-refractivity contribution in [3.05, 3.63) is 40.9 Å². The van der Waals surface area contributed by atoms with Crippen LogP contribution < -0.4 is 5.32 Å². The molecule has 2 aromatic rings. The van der Waals surface area contributed by atoms with Crippen molar-refractivity contribution in [3.8, 4) is 0 Å². The molecule has 1 atom stereocenters. The average molecular weight is 307 g/mol. The van der Waals surface area contributed by atoms with Crippen LogP contribution in [0.5, 0.6) is 0 Å². The minimum atomic E-state index is 0.365. The second-order valence-electron chi connectivity index (χ2n) is 4.62. The highest BCUT2D eigenvalue weighted by Gasteiger charge is 2.11. The maximum absolute atomic E-state index is 4.08. The van der Waals surface area contributed by atoms with E-state index >= 15 is 0 Å². The van der Waals surface area contributed by atoms with E-state index < -0.39 is 0 Å². The summed E-state index contributed by atoms with van der Waals surface area (Å²) in [6.07, 6.45) is 2.36. The predicted octanol–water partition coefficient (Wildman–Crippen LogP) is 3.93. The molecule has 0 fully saturated rings. The Morgan fingerprint density at radius 2 is 2.05 bits per heavy atom. The van der Waals surface area contributed by atoms with Crippen molar-refractivity contribution in [2.75, 3.05) is 12.3 Å². The van der Waals surface area contributed by atoms with Crippen LogP contribution in [0.25, 0.3) is 0 Å². The Bertz CT molecular complexity index is 482. The van der Waals surface area contributed by atoms with Crippen molar-refractivity contribution in [1.29, 1.82) is 0 Å². The molecule has 0 radical (unpaired) electrons. The lowest BCUT2D eigenvalue weighted by atomic mass is 10.0. The fourth-order valence-electron chi connectivity index (χ4n) is 2.11. The molecular formula is C15H21N3S2. The number of hydrogen-bond donors (Lipinski definition) is 1. The number of thioether (sulfide) groups is 1. The lowest BCUT2D eigenvalue weighted by Crippen LogP contribution is -2.22. The highest BCUT2D eigenvalue weighted by molar-refractivity contribution is 8.01. The first kappa shape index (κ1) is 15.5. The molecule has 5 heteroatoms. The maximum atomic E-state index is 4.08. The molecule has 0 saturated heterocycles. The van der Waals surface area contributed by atoms with Crippen molar-refractivity contribution in [2.24, 2.45) is 0 Å². The van der Waals surface area contributed by atoms with Crippen LogP contribution in [0, 0.1) is 0 Å². The fraction of sp³-hybridized carbons (Fsp3) is 0.467. The topological polar surface area (TPSA) is 37.8 Å². The third-order valence-electron chi connectivity index (χ3n) is 3.08. The fourth-order valence-corrected chi connectivity index (χ4v) is 3.71. The van der Waals surface area contributed by atoms with Gasteiger partial charge in [-0.2, -0.15) is 0 Å². The van der Waals surface area contributed by atoms with E-state index in [0.29, 0.717) is 6.04 Å². The van der Waals surface area contributed by atoms with E-state index in [4.69, 9.17) is 0 Å². The van der Waals surface area contributed by atoms with Gasteiger partial charge in [-0.05, 0) is 24.1 Å². The van der Waals surface area contributed by atoms with Gasteiger partial charge in [-0.1, -0.05) is 67.6 Å². The zero-order chi connectivity index (χ0) is 14.2. The van der Waals surface area contributed by atoms with Crippen LogP contribution >= 0.6 is 23.1 Å². The molecule has 1 heterocycles. The van der Waals surface area contributed by atoms with E-state index in [9.17, 15) is 0 Å². The molecule has 0 aliphatic heterocycles. The summed E-state index contributed by atoms with van der Waals surface area (Å²) in [6.45, 7) is 5.33. The molecule has 1 aromatic heterocycles. The van der Waals surface area contributed by atoms with E-state index in [0.717, 1.165) is 23.1 Å². The largest absolute Gasteiger partial charge is 0.309 e. The van der Waals surface area contributed by atoms with E-state index in [1.807, 2.05) is 0 Å². The standard InChI is InChI=1S/C15H21N3S2/c1-3-5-12-6-8-13(9-7-12)14(16-4-2)10-19-15-18-17-11-20-15/h6-9,11,14,16H,3-5,10H2,1-2H3. The van der Waals surface area contributed by atoms with Gasteiger partial charge in [-0.15, -0.1) is 10.2 Å². The molecule has 1 aromatic carbocycles. The molecule has 0 aliphatic rings. The van der Waals surface area contributed by atoms with E-state index in [1.54, 1.807) is 28.6 Å². The van der Waals surface area contributed by atoms with Gasteiger partial charge in [-0.25, -0.2) is 0 Å². The van der Waals surface area contributed by atoms with Gasteiger partial charge in [-0.3, -0.25) is 0 Å². The van der Waals surface area contributed by atoms with Crippen molar-refractivity contribution in [3.63, 3.8) is 0 Å². The Hall–Kier alpha value is -0.910. The molecule has 1 unspecified atom stereocenters. The number of hydrogen-bond acceptors (Lipinski definition) is 5. The molecule has 0 bridgehead atoms. The average Bonchev–Trinajstić information content (AvgIpc) is 2.98. The van der Waals surface area contributed by atoms with Gasteiger partial charge < -0.3 is 5.32 Å². The van der Waals surface area contributed by atoms with Gasteiger partial charge in [0.1, 0.15) is 5.51 Å². The smallest absolute Gasteiger partial charge is 0.174 e. The van der Waals surface area contributed by atoms with Crippen molar-refractivity contribution < 1.29 is 0 Å². The normalized spacial score (nSPS) is 12.5. The third-order valence-corrected chi connectivity index (χ3v) is 5.04. The van der Waals surface area contributed by atoms with Gasteiger partial charge in [0.05, 0.1) is 0 Å². The summed E-state index contributed by atoms with van der Waals surface area (Å²) in [4.78, 5) is 0. The number of rotatable bonds is 8. The number of nitrogens with one attached hydrogen (secondary N) is 1. The van der Waals surface area contributed by atoms with Crippen LogP contribution in [0.15, 0.2) is 34.1 Å². The highest BCUT2D eigenvalue weighted by Crippen LogP contribution is 2.25. The Labute approximate surface area is 129 Å². The van der Waals surface area contributed by atoms with Crippen LogP contribution in [-0.2, 0) is 6.42 Å². The summed E-state index contributed by atoms with van der Waals surface area (Å²) >= 11 is 3.37. The van der Waals surface area contributed by atoms with Crippen molar-refractivity contribution in [1.82, 2.24) is 15.5 Å². The monoisotopic (exact) mass is 307 g/mol. The predicted molar refractivity (Wildman–Crippen MR) is 87.5 cm³/mol. The molecular weight excluding hydrogens is 286 g/mol. The minimum Gasteiger partial charge on any atom is -0.309 e. The first-order valence-corrected chi connectivity index (χ1v) is 8.91. The lowest BCUT2D eigenvalue weighted by molar-refractivity contribution is 0.605. The first-order valence-electron chi connectivity index (χ1n) is 7.04. The van der Waals surface area contributed by atoms with Gasteiger partial charge >= 0.3 is 0 Å². The Kier molecular flexibility index (Phi) is 6.50. The summed E-state index contributed by atoms with van der Waals surface area (Å²) in [5.74, 6) is 0.982. The highest BCUT2D eigenvalue weighted by atomic mass is 32.2. The maximum Gasteiger partial charge on any atom is 0.174 e. The van der Waals surface area contributed by atoms with Crippen LogP contribution in [0.1, 0.15) is 37.4 Å². The van der Waals surface area contributed by atoms with E-state index in [-0.39, 0.29) is 0 Å². The number of nitrogens with zero attached hydrogens (tertiary/aromatic N) is 2. The second-order valence-corrected chi connectivity index (χ2v) is 6.72. The number of aryl methyl sites for hydroxylation is 1. The SMILES string of the molecule is CCCc1ccc(C(CSc2nncs2)NCC)cc1. The lowest BCUT2D eigenvalue weighted by Gasteiger charge is -2.17. The number of benzene rings is 1. The summed E-state index contributed by atoms with van der Waals surface area (Å²) in [5, 5.41) is 11.5. The summed E-state index contributed by atoms with van der Waals surface area (Å²) in [5.41, 5.74) is 4.55. The number of aromatic nitrogens is 2. The molecule has 0 aliphatic carbocycles. The Balaban J connectivity index is 1.99. The van der Waals surface area contributed by atoms with Crippen molar-refractivity contribution in [2.45, 2.75) is 37.1 Å². The first-order chi connectivity index (χ1) is 9.83. The molecule has 0 saturated carbocycles. The Morgan fingerprint density at radius 1 is 1.25 bits per heavy atom. The third kappa shape index (κ3) is 4.58. The van der Waals surface area contributed by atoms with Crippen LogP contribution in [0.4, 0.5) is 0 Å². The summed E-state index contributed by atoms with van der Waals surface area (Å²) in [6, 6.07) is 9.36. The Morgan fingerprint density at radius 3 is 2.65 bits per heavy atom. The van der Waals surface area contributed by atoms with Gasteiger partial charge in [0.2, 0.25) is 0 Å². The summed E-state index contributed by atoms with van der Waals surface area (Å²) in [7, 11) is 0. The minimum absolute atomic E-state index is 0.365. The van der Waals surface area contributed by atoms with E-state index in [2.05, 4.69) is 53.6 Å². The molecule has 0 amide bonds. The molecule has 3 nitrogen and oxygen atoms in total. The van der Waals surface area contributed by atoms with Crippen LogP contribution in [0.2, 0.25) is 0 Å². The molecule has 1 N–H and O–H groups in total. The molecule has 0 spiro atoms. The zero-order valence-electron chi connectivity index (χ0n) is 12.0.